The van der Waals surface area contributed by atoms with Gasteiger partial charge in [0.25, 0.3) is 5.91 Å². The third kappa shape index (κ3) is 4.16. The smallest absolute Gasteiger partial charge is 0.251 e. The molecule has 1 aromatic carbocycles. The zero-order valence-corrected chi connectivity index (χ0v) is 15.6. The molecule has 2 unspecified atom stereocenters. The van der Waals surface area contributed by atoms with Gasteiger partial charge in [0.05, 0.1) is 4.90 Å². The number of nitrogens with one attached hydrogen (secondary N) is 1. The van der Waals surface area contributed by atoms with Crippen LogP contribution in [-0.4, -0.2) is 37.8 Å². The van der Waals surface area contributed by atoms with E-state index >= 15 is 0 Å². The van der Waals surface area contributed by atoms with Crippen LogP contribution in [0, 0.1) is 5.92 Å². The molecular weight excluding hydrogens is 324 g/mol. The molecule has 5 nitrogen and oxygen atoms in total. The molecule has 0 radical (unpaired) electrons. The number of hydrogen-bond acceptors (Lipinski definition) is 3. The summed E-state index contributed by atoms with van der Waals surface area (Å²) >= 11 is 0. The van der Waals surface area contributed by atoms with Gasteiger partial charge >= 0.3 is 0 Å². The molecule has 0 aliphatic heterocycles. The molecule has 1 aromatic rings. The fourth-order valence-electron chi connectivity index (χ4n) is 3.29. The fourth-order valence-corrected chi connectivity index (χ4v) is 4.80. The maximum Gasteiger partial charge on any atom is 0.251 e. The Bertz CT molecular complexity index is 669. The van der Waals surface area contributed by atoms with Crippen LogP contribution >= 0.6 is 0 Å². The second-order valence-electron chi connectivity index (χ2n) is 6.46. The minimum absolute atomic E-state index is 0.175. The van der Waals surface area contributed by atoms with Gasteiger partial charge in [-0.25, -0.2) is 8.42 Å². The van der Waals surface area contributed by atoms with E-state index in [-0.39, 0.29) is 16.8 Å². The second-order valence-corrected chi connectivity index (χ2v) is 8.40. The van der Waals surface area contributed by atoms with Gasteiger partial charge in [0.15, 0.2) is 0 Å². The van der Waals surface area contributed by atoms with Gasteiger partial charge in [-0.1, -0.05) is 39.7 Å². The van der Waals surface area contributed by atoms with Crippen molar-refractivity contribution < 1.29 is 13.2 Å². The van der Waals surface area contributed by atoms with Crippen LogP contribution < -0.4 is 5.32 Å². The van der Waals surface area contributed by atoms with Crippen molar-refractivity contribution in [3.63, 3.8) is 0 Å². The molecule has 0 heterocycles. The predicted molar refractivity (Wildman–Crippen MR) is 95.4 cm³/mol. The number of rotatable bonds is 6. The van der Waals surface area contributed by atoms with Crippen molar-refractivity contribution in [2.75, 3.05) is 13.1 Å². The second kappa shape index (κ2) is 8.12. The Hall–Kier alpha value is -1.40. The molecule has 2 atom stereocenters. The van der Waals surface area contributed by atoms with Crippen molar-refractivity contribution in [3.8, 4) is 0 Å². The highest BCUT2D eigenvalue weighted by Gasteiger charge is 2.25. The molecule has 0 saturated heterocycles. The summed E-state index contributed by atoms with van der Waals surface area (Å²) in [5, 5.41) is 3.07. The van der Waals surface area contributed by atoms with Crippen LogP contribution in [0.5, 0.6) is 0 Å². The number of hydrogen-bond donors (Lipinski definition) is 1. The molecule has 1 aliphatic rings. The molecule has 24 heavy (non-hydrogen) atoms. The molecule has 0 bridgehead atoms. The highest BCUT2D eigenvalue weighted by molar-refractivity contribution is 7.89. The third-order valence-electron chi connectivity index (χ3n) is 4.87. The maximum atomic E-state index is 12.6. The molecule has 1 amide bonds. The summed E-state index contributed by atoms with van der Waals surface area (Å²) in [6.45, 7) is 6.60. The molecule has 2 rings (SSSR count). The summed E-state index contributed by atoms with van der Waals surface area (Å²) in [5.41, 5.74) is 0.404. The van der Waals surface area contributed by atoms with Gasteiger partial charge in [0, 0.05) is 24.7 Å². The van der Waals surface area contributed by atoms with Crippen molar-refractivity contribution in [2.45, 2.75) is 57.4 Å². The van der Waals surface area contributed by atoms with Crippen LogP contribution in [0.3, 0.4) is 0 Å². The van der Waals surface area contributed by atoms with Crippen molar-refractivity contribution in [1.29, 1.82) is 0 Å². The maximum absolute atomic E-state index is 12.6. The summed E-state index contributed by atoms with van der Waals surface area (Å²) in [4.78, 5) is 12.7. The van der Waals surface area contributed by atoms with E-state index in [1.165, 1.54) is 16.8 Å². The number of carbonyl (C=O) groups is 1. The van der Waals surface area contributed by atoms with Gasteiger partial charge in [-0.15, -0.1) is 0 Å². The topological polar surface area (TPSA) is 66.5 Å². The number of carbonyl (C=O) groups excluding carboxylic acids is 1. The van der Waals surface area contributed by atoms with E-state index in [0.717, 1.165) is 19.3 Å². The first kappa shape index (κ1) is 18.9. The zero-order valence-electron chi connectivity index (χ0n) is 14.8. The van der Waals surface area contributed by atoms with E-state index in [4.69, 9.17) is 0 Å². The third-order valence-corrected chi connectivity index (χ3v) is 6.91. The molecular formula is C18H28N2O3S. The Balaban J connectivity index is 2.19. The Labute approximate surface area is 145 Å². The SMILES string of the molecule is CCN(CC)S(=O)(=O)c1cccc(C(=O)NC2CCCCC2C)c1. The van der Waals surface area contributed by atoms with Crippen LogP contribution in [0.25, 0.3) is 0 Å². The van der Waals surface area contributed by atoms with E-state index in [1.54, 1.807) is 18.2 Å². The standard InChI is InChI=1S/C18H28N2O3S/c1-4-20(5-2)24(22,23)16-11-8-10-15(13-16)18(21)19-17-12-7-6-9-14(17)3/h8,10-11,13-14,17H,4-7,9,12H2,1-3H3,(H,19,21). The molecule has 1 aliphatic carbocycles. The highest BCUT2D eigenvalue weighted by Crippen LogP contribution is 2.24. The Kier molecular flexibility index (Phi) is 6.40. The van der Waals surface area contributed by atoms with E-state index in [0.29, 0.717) is 24.6 Å². The van der Waals surface area contributed by atoms with E-state index < -0.39 is 10.0 Å². The summed E-state index contributed by atoms with van der Waals surface area (Å²) in [6.07, 6.45) is 4.46. The van der Waals surface area contributed by atoms with Gasteiger partial charge in [-0.3, -0.25) is 4.79 Å². The number of benzene rings is 1. The molecule has 1 saturated carbocycles. The first-order valence-corrected chi connectivity index (χ1v) is 10.2. The van der Waals surface area contributed by atoms with Crippen LogP contribution in [0.2, 0.25) is 0 Å². The lowest BCUT2D eigenvalue weighted by molar-refractivity contribution is 0.0910. The zero-order chi connectivity index (χ0) is 17.7. The van der Waals surface area contributed by atoms with Gasteiger partial charge in [-0.2, -0.15) is 4.31 Å². The Morgan fingerprint density at radius 2 is 1.88 bits per heavy atom. The highest BCUT2D eigenvalue weighted by atomic mass is 32.2. The lowest BCUT2D eigenvalue weighted by Crippen LogP contribution is -2.41. The quantitative estimate of drug-likeness (QED) is 0.856. The Morgan fingerprint density at radius 3 is 2.50 bits per heavy atom. The molecule has 6 heteroatoms. The predicted octanol–water partition coefficient (Wildman–Crippen LogP) is 3.03. The van der Waals surface area contributed by atoms with Crippen molar-refractivity contribution in [1.82, 2.24) is 9.62 Å². The van der Waals surface area contributed by atoms with E-state index in [9.17, 15) is 13.2 Å². The summed E-state index contributed by atoms with van der Waals surface area (Å²) < 4.78 is 26.6. The number of amides is 1. The monoisotopic (exact) mass is 352 g/mol. The largest absolute Gasteiger partial charge is 0.349 e. The first-order valence-electron chi connectivity index (χ1n) is 8.81. The lowest BCUT2D eigenvalue weighted by atomic mass is 9.86. The summed E-state index contributed by atoms with van der Waals surface area (Å²) in [5.74, 6) is 0.274. The van der Waals surface area contributed by atoms with Gasteiger partial charge in [-0.05, 0) is 37.0 Å². The van der Waals surface area contributed by atoms with Gasteiger partial charge in [0.1, 0.15) is 0 Å². The van der Waals surface area contributed by atoms with E-state index in [1.807, 2.05) is 13.8 Å². The van der Waals surface area contributed by atoms with Gasteiger partial charge in [0.2, 0.25) is 10.0 Å². The average Bonchev–Trinajstić information content (AvgIpc) is 2.58. The molecule has 134 valence electrons. The minimum atomic E-state index is -3.55. The molecule has 1 N–H and O–H groups in total. The number of nitrogens with zero attached hydrogens (tertiary/aromatic N) is 1. The van der Waals surface area contributed by atoms with Crippen molar-refractivity contribution >= 4 is 15.9 Å². The molecule has 0 aromatic heterocycles. The number of sulfonamides is 1. The van der Waals surface area contributed by atoms with Crippen molar-refractivity contribution in [2.24, 2.45) is 5.92 Å². The summed E-state index contributed by atoms with van der Waals surface area (Å²) in [7, 11) is -3.55. The van der Waals surface area contributed by atoms with E-state index in [2.05, 4.69) is 12.2 Å². The lowest BCUT2D eigenvalue weighted by Gasteiger charge is -2.29. The van der Waals surface area contributed by atoms with Crippen LogP contribution in [0.15, 0.2) is 29.2 Å². The van der Waals surface area contributed by atoms with Crippen LogP contribution in [0.1, 0.15) is 56.8 Å². The minimum Gasteiger partial charge on any atom is -0.349 e. The Morgan fingerprint density at radius 1 is 1.21 bits per heavy atom. The normalized spacial score (nSPS) is 21.7. The molecule has 1 fully saturated rings. The molecule has 0 spiro atoms. The van der Waals surface area contributed by atoms with Crippen molar-refractivity contribution in [3.05, 3.63) is 29.8 Å². The average molecular weight is 353 g/mol. The first-order chi connectivity index (χ1) is 11.4. The van der Waals surface area contributed by atoms with Gasteiger partial charge < -0.3 is 5.32 Å². The van der Waals surface area contributed by atoms with Crippen LogP contribution in [-0.2, 0) is 10.0 Å². The van der Waals surface area contributed by atoms with Crippen LogP contribution in [0.4, 0.5) is 0 Å². The summed E-state index contributed by atoms with van der Waals surface area (Å²) in [6, 6.07) is 6.51. The fraction of sp³-hybridized carbons (Fsp3) is 0.611.